The summed E-state index contributed by atoms with van der Waals surface area (Å²) < 4.78 is 4.94. The maximum absolute atomic E-state index is 11.6. The summed E-state index contributed by atoms with van der Waals surface area (Å²) in [6.07, 6.45) is 0. The van der Waals surface area contributed by atoms with E-state index in [1.807, 2.05) is 19.2 Å². The molecule has 1 rings (SSSR count). The van der Waals surface area contributed by atoms with Gasteiger partial charge < -0.3 is 15.8 Å². The Labute approximate surface area is 99.0 Å². The molecule has 0 saturated heterocycles. The third-order valence-corrected chi connectivity index (χ3v) is 2.90. The van der Waals surface area contributed by atoms with E-state index in [-0.39, 0.29) is 11.8 Å². The second-order valence-corrected chi connectivity index (χ2v) is 4.69. The molecule has 0 radical (unpaired) electrons. The molecule has 0 fully saturated rings. The SMILES string of the molecule is COCc1csc(NC(=O)[C@@H](N)C(C)C)n1. The molecule has 0 aliphatic rings. The van der Waals surface area contributed by atoms with Crippen LogP contribution in [0.3, 0.4) is 0 Å². The lowest BCUT2D eigenvalue weighted by Crippen LogP contribution is -2.39. The number of hydrogen-bond donors (Lipinski definition) is 2. The average molecular weight is 243 g/mol. The van der Waals surface area contributed by atoms with Crippen LogP contribution in [0.25, 0.3) is 0 Å². The van der Waals surface area contributed by atoms with Crippen LogP contribution in [0.5, 0.6) is 0 Å². The highest BCUT2D eigenvalue weighted by molar-refractivity contribution is 7.13. The average Bonchev–Trinajstić information content (AvgIpc) is 2.65. The maximum Gasteiger partial charge on any atom is 0.243 e. The molecule has 1 heterocycles. The van der Waals surface area contributed by atoms with Crippen LogP contribution >= 0.6 is 11.3 Å². The Morgan fingerprint density at radius 3 is 2.94 bits per heavy atom. The summed E-state index contributed by atoms with van der Waals surface area (Å²) in [4.78, 5) is 15.8. The van der Waals surface area contributed by atoms with E-state index in [2.05, 4.69) is 10.3 Å². The van der Waals surface area contributed by atoms with E-state index in [9.17, 15) is 4.79 Å². The minimum absolute atomic E-state index is 0.110. The number of hydrogen-bond acceptors (Lipinski definition) is 5. The van der Waals surface area contributed by atoms with Crippen molar-refractivity contribution in [1.82, 2.24) is 4.98 Å². The molecule has 0 saturated carbocycles. The maximum atomic E-state index is 11.6. The third-order valence-electron chi connectivity index (χ3n) is 2.10. The Balaban J connectivity index is 2.56. The van der Waals surface area contributed by atoms with Crippen molar-refractivity contribution in [3.8, 4) is 0 Å². The molecule has 0 bridgehead atoms. The molecule has 5 nitrogen and oxygen atoms in total. The second-order valence-electron chi connectivity index (χ2n) is 3.84. The van der Waals surface area contributed by atoms with Gasteiger partial charge in [-0.25, -0.2) is 4.98 Å². The van der Waals surface area contributed by atoms with Crippen molar-refractivity contribution in [2.24, 2.45) is 11.7 Å². The summed E-state index contributed by atoms with van der Waals surface area (Å²) in [5.74, 6) is -0.0910. The Kier molecular flexibility index (Phi) is 4.85. The van der Waals surface area contributed by atoms with Crippen molar-refractivity contribution in [3.63, 3.8) is 0 Å². The van der Waals surface area contributed by atoms with E-state index < -0.39 is 6.04 Å². The van der Waals surface area contributed by atoms with Crippen LogP contribution in [0.15, 0.2) is 5.38 Å². The van der Waals surface area contributed by atoms with Gasteiger partial charge in [0.05, 0.1) is 18.3 Å². The molecular weight excluding hydrogens is 226 g/mol. The molecule has 3 N–H and O–H groups in total. The van der Waals surface area contributed by atoms with E-state index in [0.717, 1.165) is 5.69 Å². The lowest BCUT2D eigenvalue weighted by Gasteiger charge is -2.13. The van der Waals surface area contributed by atoms with Gasteiger partial charge in [-0.3, -0.25) is 4.79 Å². The molecule has 1 atom stereocenters. The smallest absolute Gasteiger partial charge is 0.243 e. The number of aromatic nitrogens is 1. The highest BCUT2D eigenvalue weighted by Gasteiger charge is 2.18. The van der Waals surface area contributed by atoms with Crippen molar-refractivity contribution in [1.29, 1.82) is 0 Å². The standard InChI is InChI=1S/C10H17N3O2S/c1-6(2)8(11)9(14)13-10-12-7(4-15-3)5-16-10/h5-6,8H,4,11H2,1-3H3,(H,12,13,14)/t8-/m0/s1. The molecule has 0 aliphatic carbocycles. The van der Waals surface area contributed by atoms with Gasteiger partial charge in [-0.05, 0) is 5.92 Å². The first-order chi connectivity index (χ1) is 7.54. The lowest BCUT2D eigenvalue weighted by atomic mass is 10.1. The highest BCUT2D eigenvalue weighted by atomic mass is 32.1. The van der Waals surface area contributed by atoms with Gasteiger partial charge in [-0.2, -0.15) is 0 Å². The first-order valence-corrected chi connectivity index (χ1v) is 5.92. The predicted molar refractivity (Wildman–Crippen MR) is 64.3 cm³/mol. The Bertz CT molecular complexity index is 352. The topological polar surface area (TPSA) is 77.2 Å². The summed E-state index contributed by atoms with van der Waals surface area (Å²) in [5, 5.41) is 5.10. The molecule has 0 spiro atoms. The number of ether oxygens (including phenoxy) is 1. The molecule has 16 heavy (non-hydrogen) atoms. The zero-order valence-electron chi connectivity index (χ0n) is 9.69. The van der Waals surface area contributed by atoms with Crippen LogP contribution in [0, 0.1) is 5.92 Å². The minimum Gasteiger partial charge on any atom is -0.378 e. The van der Waals surface area contributed by atoms with Gasteiger partial charge in [0.2, 0.25) is 5.91 Å². The van der Waals surface area contributed by atoms with E-state index in [1.54, 1.807) is 7.11 Å². The first kappa shape index (κ1) is 13.1. The van der Waals surface area contributed by atoms with Crippen molar-refractivity contribution in [3.05, 3.63) is 11.1 Å². The number of nitrogens with one attached hydrogen (secondary N) is 1. The van der Waals surface area contributed by atoms with Crippen LogP contribution in [-0.4, -0.2) is 24.0 Å². The summed E-state index contributed by atoms with van der Waals surface area (Å²) in [5.41, 5.74) is 6.52. The fourth-order valence-electron chi connectivity index (χ4n) is 1.07. The predicted octanol–water partition coefficient (Wildman–Crippen LogP) is 1.21. The lowest BCUT2D eigenvalue weighted by molar-refractivity contribution is -0.118. The zero-order valence-corrected chi connectivity index (χ0v) is 10.5. The van der Waals surface area contributed by atoms with Crippen LogP contribution in [0.4, 0.5) is 5.13 Å². The fraction of sp³-hybridized carbons (Fsp3) is 0.600. The van der Waals surface area contributed by atoms with Crippen LogP contribution in [-0.2, 0) is 16.1 Å². The van der Waals surface area contributed by atoms with Gasteiger partial charge in [0, 0.05) is 12.5 Å². The quantitative estimate of drug-likeness (QED) is 0.815. The van der Waals surface area contributed by atoms with Gasteiger partial charge in [0.25, 0.3) is 0 Å². The Morgan fingerprint density at radius 2 is 2.38 bits per heavy atom. The number of methoxy groups -OCH3 is 1. The minimum atomic E-state index is -0.505. The highest BCUT2D eigenvalue weighted by Crippen LogP contribution is 2.16. The van der Waals surface area contributed by atoms with E-state index in [0.29, 0.717) is 11.7 Å². The molecule has 0 aliphatic heterocycles. The van der Waals surface area contributed by atoms with E-state index >= 15 is 0 Å². The second kappa shape index (κ2) is 5.93. The molecular formula is C10H17N3O2S. The van der Waals surface area contributed by atoms with Crippen molar-refractivity contribution < 1.29 is 9.53 Å². The molecule has 1 amide bonds. The Hall–Kier alpha value is -0.980. The number of thiazole rings is 1. The largest absolute Gasteiger partial charge is 0.378 e. The number of nitrogens with zero attached hydrogens (tertiary/aromatic N) is 1. The van der Waals surface area contributed by atoms with Gasteiger partial charge >= 0.3 is 0 Å². The molecule has 6 heteroatoms. The third kappa shape index (κ3) is 3.55. The normalized spacial score (nSPS) is 12.8. The van der Waals surface area contributed by atoms with E-state index in [4.69, 9.17) is 10.5 Å². The number of amides is 1. The first-order valence-electron chi connectivity index (χ1n) is 5.04. The van der Waals surface area contributed by atoms with Crippen LogP contribution in [0.2, 0.25) is 0 Å². The van der Waals surface area contributed by atoms with Gasteiger partial charge in [0.15, 0.2) is 5.13 Å². The number of anilines is 1. The molecule has 1 aromatic heterocycles. The van der Waals surface area contributed by atoms with Crippen LogP contribution < -0.4 is 11.1 Å². The number of rotatable bonds is 5. The summed E-state index contributed by atoms with van der Waals surface area (Å²) in [7, 11) is 1.60. The van der Waals surface area contributed by atoms with Gasteiger partial charge in [-0.15, -0.1) is 11.3 Å². The van der Waals surface area contributed by atoms with Gasteiger partial charge in [-0.1, -0.05) is 13.8 Å². The van der Waals surface area contributed by atoms with Crippen LogP contribution in [0.1, 0.15) is 19.5 Å². The zero-order chi connectivity index (χ0) is 12.1. The summed E-state index contributed by atoms with van der Waals surface area (Å²) >= 11 is 1.37. The van der Waals surface area contributed by atoms with Gasteiger partial charge in [0.1, 0.15) is 0 Å². The van der Waals surface area contributed by atoms with Crippen molar-refractivity contribution in [2.75, 3.05) is 12.4 Å². The fourth-order valence-corrected chi connectivity index (χ4v) is 1.77. The number of carbonyl (C=O) groups excluding carboxylic acids is 1. The number of nitrogens with two attached hydrogens (primary N) is 1. The Morgan fingerprint density at radius 1 is 1.69 bits per heavy atom. The number of carbonyl (C=O) groups is 1. The van der Waals surface area contributed by atoms with Crippen molar-refractivity contribution >= 4 is 22.4 Å². The molecule has 0 unspecified atom stereocenters. The summed E-state index contributed by atoms with van der Waals surface area (Å²) in [6.45, 7) is 4.26. The van der Waals surface area contributed by atoms with E-state index in [1.165, 1.54) is 11.3 Å². The summed E-state index contributed by atoms with van der Waals surface area (Å²) in [6, 6.07) is -0.505. The molecule has 1 aromatic rings. The molecule has 90 valence electrons. The van der Waals surface area contributed by atoms with Crippen molar-refractivity contribution in [2.45, 2.75) is 26.5 Å². The monoisotopic (exact) mass is 243 g/mol. The molecule has 0 aromatic carbocycles.